The van der Waals surface area contributed by atoms with Crippen LogP contribution in [0.5, 0.6) is 11.8 Å². The van der Waals surface area contributed by atoms with Crippen molar-refractivity contribution in [3.8, 4) is 11.8 Å². The molecule has 0 aromatic carbocycles. The van der Waals surface area contributed by atoms with Crippen LogP contribution >= 0.6 is 0 Å². The Kier molecular flexibility index (Phi) is 0.923. The van der Waals surface area contributed by atoms with Crippen molar-refractivity contribution in [1.29, 1.82) is 0 Å². The van der Waals surface area contributed by atoms with E-state index in [1.165, 1.54) is 6.42 Å². The Labute approximate surface area is 81.1 Å². The average molecular weight is 189 g/mol. The monoisotopic (exact) mass is 189 g/mol. The van der Waals surface area contributed by atoms with Gasteiger partial charge in [0.25, 0.3) is 0 Å². The van der Waals surface area contributed by atoms with Crippen molar-refractivity contribution in [2.24, 2.45) is 11.8 Å². The smallest absolute Gasteiger partial charge is 0.195 e. The van der Waals surface area contributed by atoms with Gasteiger partial charge >= 0.3 is 0 Å². The van der Waals surface area contributed by atoms with Gasteiger partial charge in [0.15, 0.2) is 11.8 Å². The van der Waals surface area contributed by atoms with Crippen molar-refractivity contribution in [1.82, 2.24) is 4.98 Å². The van der Waals surface area contributed by atoms with E-state index in [0.717, 1.165) is 23.0 Å². The van der Waals surface area contributed by atoms with Crippen LogP contribution in [0.3, 0.4) is 0 Å². The maximum atomic E-state index is 9.69. The number of nitrogens with one attached hydrogen (secondary N) is 1. The van der Waals surface area contributed by atoms with Gasteiger partial charge in [-0.3, -0.25) is 4.98 Å². The zero-order valence-electron chi connectivity index (χ0n) is 7.57. The second kappa shape index (κ2) is 1.85. The topological polar surface area (TPSA) is 56.2 Å². The largest absolute Gasteiger partial charge is 0.494 e. The fourth-order valence-electron chi connectivity index (χ4n) is 3.38. The van der Waals surface area contributed by atoms with Gasteiger partial charge in [-0.05, 0) is 18.3 Å². The van der Waals surface area contributed by atoms with E-state index in [2.05, 4.69) is 17.1 Å². The van der Waals surface area contributed by atoms with Crippen molar-refractivity contribution in [3.63, 3.8) is 0 Å². The lowest BCUT2D eigenvalue weighted by molar-refractivity contribution is 0.421. The molecule has 4 aliphatic rings. The number of aromatic nitrogens is 1. The molecule has 0 radical (unpaired) electrons. The molecule has 1 heterocycles. The van der Waals surface area contributed by atoms with E-state index in [1.807, 2.05) is 0 Å². The molecule has 4 unspecified atom stereocenters. The highest BCUT2D eigenvalue weighted by Crippen LogP contribution is 2.67. The first-order valence-corrected chi connectivity index (χ1v) is 5.09. The molecule has 4 aliphatic carbocycles. The molecular weight excluding hydrogens is 178 g/mol. The number of hydrogen-bond donors (Lipinski definition) is 3. The zero-order valence-corrected chi connectivity index (χ0v) is 7.57. The van der Waals surface area contributed by atoms with E-state index in [-0.39, 0.29) is 11.8 Å². The van der Waals surface area contributed by atoms with Gasteiger partial charge in [-0.1, -0.05) is 12.2 Å². The number of rotatable bonds is 0. The summed E-state index contributed by atoms with van der Waals surface area (Å²) in [4.78, 5) is 2.63. The Morgan fingerprint density at radius 2 is 1.50 bits per heavy atom. The molecule has 72 valence electrons. The van der Waals surface area contributed by atoms with Crippen LogP contribution in [-0.4, -0.2) is 15.2 Å². The molecule has 1 saturated carbocycles. The lowest BCUT2D eigenvalue weighted by Crippen LogP contribution is -2.18. The SMILES string of the molecule is Oc1[nH]c(O)c2c1C1C=CC2C2CC12. The molecule has 4 atom stereocenters. The Hall–Kier alpha value is -1.38. The molecule has 5 rings (SSSR count). The minimum absolute atomic E-state index is 0.169. The number of aromatic hydroxyl groups is 2. The summed E-state index contributed by atoms with van der Waals surface area (Å²) < 4.78 is 0. The predicted molar refractivity (Wildman–Crippen MR) is 50.3 cm³/mol. The number of aromatic amines is 1. The fraction of sp³-hybridized carbons (Fsp3) is 0.455. The van der Waals surface area contributed by atoms with Crippen molar-refractivity contribution < 1.29 is 10.2 Å². The quantitative estimate of drug-likeness (QED) is 0.545. The molecule has 0 amide bonds. The van der Waals surface area contributed by atoms with E-state index in [9.17, 15) is 10.2 Å². The summed E-state index contributed by atoms with van der Waals surface area (Å²) in [5, 5.41) is 19.4. The van der Waals surface area contributed by atoms with Crippen molar-refractivity contribution in [2.45, 2.75) is 18.3 Å². The van der Waals surface area contributed by atoms with Gasteiger partial charge in [0, 0.05) is 23.0 Å². The molecule has 0 aliphatic heterocycles. The highest BCUT2D eigenvalue weighted by Gasteiger charge is 2.56. The average Bonchev–Trinajstić information content (AvgIpc) is 2.92. The minimum atomic E-state index is 0.169. The number of H-pyrrole nitrogens is 1. The van der Waals surface area contributed by atoms with Crippen LogP contribution in [0.15, 0.2) is 12.2 Å². The summed E-state index contributed by atoms with van der Waals surface area (Å²) in [7, 11) is 0. The molecule has 1 aromatic rings. The highest BCUT2D eigenvalue weighted by molar-refractivity contribution is 5.57. The Morgan fingerprint density at radius 3 is 2.00 bits per heavy atom. The molecule has 3 heteroatoms. The third kappa shape index (κ3) is 0.567. The van der Waals surface area contributed by atoms with E-state index in [4.69, 9.17) is 0 Å². The number of allylic oxidation sites excluding steroid dienone is 2. The number of hydrogen-bond acceptors (Lipinski definition) is 2. The second-order valence-electron chi connectivity index (χ2n) is 4.65. The molecule has 1 aromatic heterocycles. The van der Waals surface area contributed by atoms with Gasteiger partial charge in [0.1, 0.15) is 0 Å². The van der Waals surface area contributed by atoms with E-state index in [1.54, 1.807) is 0 Å². The molecular formula is C11H11NO2. The summed E-state index contributed by atoms with van der Waals surface area (Å²) in [6.45, 7) is 0. The van der Waals surface area contributed by atoms with Gasteiger partial charge < -0.3 is 10.2 Å². The Bertz CT molecular complexity index is 422. The molecule has 14 heavy (non-hydrogen) atoms. The van der Waals surface area contributed by atoms with Crippen LogP contribution in [-0.2, 0) is 0 Å². The maximum absolute atomic E-state index is 9.69. The molecule has 3 N–H and O–H groups in total. The van der Waals surface area contributed by atoms with Crippen LogP contribution in [0, 0.1) is 11.8 Å². The molecule has 2 bridgehead atoms. The first kappa shape index (κ1) is 6.98. The normalized spacial score (nSPS) is 40.9. The summed E-state index contributed by atoms with van der Waals surface area (Å²) in [5.41, 5.74) is 1.91. The fourth-order valence-corrected chi connectivity index (χ4v) is 3.38. The van der Waals surface area contributed by atoms with Gasteiger partial charge in [0.2, 0.25) is 0 Å². The molecule has 3 nitrogen and oxygen atoms in total. The van der Waals surface area contributed by atoms with E-state index >= 15 is 0 Å². The summed E-state index contributed by atoms with van der Waals surface area (Å²) in [6.07, 6.45) is 5.62. The summed E-state index contributed by atoms with van der Waals surface area (Å²) in [5.74, 6) is 2.47. The first-order chi connectivity index (χ1) is 6.77. The van der Waals surface area contributed by atoms with Crippen LogP contribution in [0.2, 0.25) is 0 Å². The van der Waals surface area contributed by atoms with Gasteiger partial charge in [0.05, 0.1) is 0 Å². The van der Waals surface area contributed by atoms with Crippen LogP contribution in [0.4, 0.5) is 0 Å². The Morgan fingerprint density at radius 1 is 1.00 bits per heavy atom. The minimum Gasteiger partial charge on any atom is -0.494 e. The third-order valence-corrected chi connectivity index (χ3v) is 4.04. The van der Waals surface area contributed by atoms with Crippen LogP contribution in [0.25, 0.3) is 0 Å². The third-order valence-electron chi connectivity index (χ3n) is 4.04. The molecule has 1 fully saturated rings. The van der Waals surface area contributed by atoms with Crippen molar-refractivity contribution >= 4 is 0 Å². The predicted octanol–water partition coefficient (Wildman–Crippen LogP) is 1.81. The van der Waals surface area contributed by atoms with Crippen molar-refractivity contribution in [3.05, 3.63) is 23.3 Å². The van der Waals surface area contributed by atoms with Gasteiger partial charge in [-0.2, -0.15) is 0 Å². The van der Waals surface area contributed by atoms with Crippen LogP contribution < -0.4 is 0 Å². The first-order valence-electron chi connectivity index (χ1n) is 5.09. The molecule has 0 spiro atoms. The van der Waals surface area contributed by atoms with Gasteiger partial charge in [-0.15, -0.1) is 0 Å². The summed E-state index contributed by atoms with van der Waals surface area (Å²) in [6, 6.07) is 0. The Balaban J connectivity index is 2.05. The van der Waals surface area contributed by atoms with Crippen molar-refractivity contribution in [2.75, 3.05) is 0 Å². The van der Waals surface area contributed by atoms with E-state index in [0.29, 0.717) is 11.8 Å². The second-order valence-corrected chi connectivity index (χ2v) is 4.65. The van der Waals surface area contributed by atoms with Gasteiger partial charge in [-0.25, -0.2) is 0 Å². The standard InChI is InChI=1S/C11H11NO2/c13-10-8-4-1-2-5(7-3-6(4)7)9(8)11(14)12-10/h1-2,4-7,12-14H,3H2. The highest BCUT2D eigenvalue weighted by atomic mass is 16.3. The molecule has 0 saturated heterocycles. The zero-order chi connectivity index (χ0) is 9.45. The lowest BCUT2D eigenvalue weighted by atomic mass is 9.73. The maximum Gasteiger partial charge on any atom is 0.195 e. The van der Waals surface area contributed by atoms with E-state index < -0.39 is 0 Å². The lowest BCUT2D eigenvalue weighted by Gasteiger charge is -2.30. The van der Waals surface area contributed by atoms with Crippen LogP contribution in [0.1, 0.15) is 29.4 Å². The summed E-state index contributed by atoms with van der Waals surface area (Å²) >= 11 is 0.